The van der Waals surface area contributed by atoms with Crippen LogP contribution in [-0.2, 0) is 0 Å². The Hall–Kier alpha value is -2.88. The van der Waals surface area contributed by atoms with E-state index >= 15 is 0 Å². The highest BCUT2D eigenvalue weighted by molar-refractivity contribution is 5.69. The lowest BCUT2D eigenvalue weighted by Crippen LogP contribution is -1.94. The number of benzene rings is 2. The van der Waals surface area contributed by atoms with E-state index in [0.717, 1.165) is 22.8 Å². The molecule has 0 aliphatic carbocycles. The predicted octanol–water partition coefficient (Wildman–Crippen LogP) is 3.52. The number of hydrogen-bond acceptors (Lipinski definition) is 4. The fraction of sp³-hybridized carbons (Fsp3) is 0. The van der Waals surface area contributed by atoms with E-state index in [9.17, 15) is 0 Å². The molecule has 1 aromatic heterocycles. The summed E-state index contributed by atoms with van der Waals surface area (Å²) in [5.41, 5.74) is 7.33. The van der Waals surface area contributed by atoms with E-state index in [1.54, 1.807) is 6.07 Å². The van der Waals surface area contributed by atoms with E-state index < -0.39 is 0 Å². The quantitative estimate of drug-likeness (QED) is 0.785. The first-order valence-electron chi connectivity index (χ1n) is 6.23. The van der Waals surface area contributed by atoms with Gasteiger partial charge >= 0.3 is 0 Å². The van der Waals surface area contributed by atoms with E-state index in [-0.39, 0.29) is 0 Å². The SMILES string of the molecule is Nc1cc(-c2ccccc2Oc2ccccc2)ncn1. The van der Waals surface area contributed by atoms with Crippen LogP contribution in [0.25, 0.3) is 11.3 Å². The highest BCUT2D eigenvalue weighted by atomic mass is 16.5. The maximum absolute atomic E-state index is 5.90. The Kier molecular flexibility index (Phi) is 3.29. The number of nitrogens with two attached hydrogens (primary N) is 1. The van der Waals surface area contributed by atoms with Crippen molar-refractivity contribution in [2.45, 2.75) is 0 Å². The van der Waals surface area contributed by atoms with Crippen LogP contribution in [0.5, 0.6) is 11.5 Å². The minimum absolute atomic E-state index is 0.435. The van der Waals surface area contributed by atoms with Gasteiger partial charge in [-0.05, 0) is 24.3 Å². The van der Waals surface area contributed by atoms with Crippen LogP contribution >= 0.6 is 0 Å². The Morgan fingerprint density at radius 2 is 1.60 bits per heavy atom. The standard InChI is InChI=1S/C16H13N3O/c17-16-10-14(18-11-19-16)13-8-4-5-9-15(13)20-12-6-2-1-3-7-12/h1-11H,(H2,17,18,19). The summed E-state index contributed by atoms with van der Waals surface area (Å²) in [5, 5.41) is 0. The van der Waals surface area contributed by atoms with Crippen molar-refractivity contribution in [2.75, 3.05) is 5.73 Å². The van der Waals surface area contributed by atoms with Crippen LogP contribution in [0.1, 0.15) is 0 Å². The maximum Gasteiger partial charge on any atom is 0.136 e. The molecule has 2 aromatic carbocycles. The van der Waals surface area contributed by atoms with Gasteiger partial charge in [-0.15, -0.1) is 0 Å². The third kappa shape index (κ3) is 2.59. The number of nitrogen functional groups attached to an aromatic ring is 1. The molecule has 0 saturated heterocycles. The van der Waals surface area contributed by atoms with Crippen molar-refractivity contribution >= 4 is 5.82 Å². The molecule has 0 radical (unpaired) electrons. The highest BCUT2D eigenvalue weighted by Gasteiger charge is 2.08. The number of nitrogens with zero attached hydrogens (tertiary/aromatic N) is 2. The minimum atomic E-state index is 0.435. The molecule has 0 atom stereocenters. The summed E-state index contributed by atoms with van der Waals surface area (Å²) in [7, 11) is 0. The molecular formula is C16H13N3O. The Bertz CT molecular complexity index is 714. The van der Waals surface area contributed by atoms with Gasteiger partial charge in [0.25, 0.3) is 0 Å². The molecule has 0 bridgehead atoms. The first-order valence-corrected chi connectivity index (χ1v) is 6.23. The fourth-order valence-electron chi connectivity index (χ4n) is 1.90. The number of hydrogen-bond donors (Lipinski definition) is 1. The molecule has 1 heterocycles. The van der Waals surface area contributed by atoms with Gasteiger partial charge in [-0.2, -0.15) is 0 Å². The lowest BCUT2D eigenvalue weighted by molar-refractivity contribution is 0.484. The van der Waals surface area contributed by atoms with Crippen LogP contribution in [0.4, 0.5) is 5.82 Å². The zero-order valence-corrected chi connectivity index (χ0v) is 10.7. The Labute approximate surface area is 116 Å². The van der Waals surface area contributed by atoms with Crippen LogP contribution in [0.2, 0.25) is 0 Å². The molecule has 0 aliphatic heterocycles. The van der Waals surface area contributed by atoms with Crippen molar-refractivity contribution in [3.63, 3.8) is 0 Å². The molecule has 4 nitrogen and oxygen atoms in total. The smallest absolute Gasteiger partial charge is 0.136 e. The van der Waals surface area contributed by atoms with E-state index in [1.807, 2.05) is 54.6 Å². The zero-order chi connectivity index (χ0) is 13.8. The summed E-state index contributed by atoms with van der Waals surface area (Å²) >= 11 is 0. The van der Waals surface area contributed by atoms with E-state index in [1.165, 1.54) is 6.33 Å². The van der Waals surface area contributed by atoms with Crippen molar-refractivity contribution in [1.29, 1.82) is 0 Å². The van der Waals surface area contributed by atoms with Crippen molar-refractivity contribution in [3.8, 4) is 22.8 Å². The summed E-state index contributed by atoms with van der Waals surface area (Å²) in [5.74, 6) is 1.95. The molecule has 20 heavy (non-hydrogen) atoms. The monoisotopic (exact) mass is 263 g/mol. The van der Waals surface area contributed by atoms with Crippen LogP contribution in [0.3, 0.4) is 0 Å². The Morgan fingerprint density at radius 3 is 2.40 bits per heavy atom. The van der Waals surface area contributed by atoms with Gasteiger partial charge in [-0.25, -0.2) is 9.97 Å². The topological polar surface area (TPSA) is 61.0 Å². The number of aromatic nitrogens is 2. The minimum Gasteiger partial charge on any atom is -0.457 e. The van der Waals surface area contributed by atoms with E-state index in [4.69, 9.17) is 10.5 Å². The highest BCUT2D eigenvalue weighted by Crippen LogP contribution is 2.32. The molecule has 4 heteroatoms. The molecule has 0 saturated carbocycles. The van der Waals surface area contributed by atoms with Crippen molar-refractivity contribution in [1.82, 2.24) is 9.97 Å². The molecular weight excluding hydrogens is 250 g/mol. The zero-order valence-electron chi connectivity index (χ0n) is 10.7. The van der Waals surface area contributed by atoms with Crippen LogP contribution in [0.15, 0.2) is 67.0 Å². The van der Waals surface area contributed by atoms with Gasteiger partial charge in [0.2, 0.25) is 0 Å². The summed E-state index contributed by atoms with van der Waals surface area (Å²) in [6.07, 6.45) is 1.45. The van der Waals surface area contributed by atoms with Crippen molar-refractivity contribution in [3.05, 3.63) is 67.0 Å². The summed E-state index contributed by atoms with van der Waals surface area (Å²) < 4.78 is 5.90. The van der Waals surface area contributed by atoms with Gasteiger partial charge in [0.1, 0.15) is 23.6 Å². The first kappa shape index (κ1) is 12.2. The lowest BCUT2D eigenvalue weighted by atomic mass is 10.1. The van der Waals surface area contributed by atoms with Crippen LogP contribution in [-0.4, -0.2) is 9.97 Å². The van der Waals surface area contributed by atoms with Crippen molar-refractivity contribution < 1.29 is 4.74 Å². The fourth-order valence-corrected chi connectivity index (χ4v) is 1.90. The van der Waals surface area contributed by atoms with E-state index in [2.05, 4.69) is 9.97 Å². The number of para-hydroxylation sites is 2. The Morgan fingerprint density at radius 1 is 0.850 bits per heavy atom. The summed E-state index contributed by atoms with van der Waals surface area (Å²) in [4.78, 5) is 8.15. The average Bonchev–Trinajstić information content (AvgIpc) is 2.49. The van der Waals surface area contributed by atoms with E-state index in [0.29, 0.717) is 5.82 Å². The molecule has 0 unspecified atom stereocenters. The predicted molar refractivity (Wildman–Crippen MR) is 78.4 cm³/mol. The lowest BCUT2D eigenvalue weighted by Gasteiger charge is -2.10. The second kappa shape index (κ2) is 5.40. The molecule has 3 rings (SSSR count). The Balaban J connectivity index is 2.00. The second-order valence-electron chi connectivity index (χ2n) is 4.24. The van der Waals surface area contributed by atoms with Crippen LogP contribution < -0.4 is 10.5 Å². The molecule has 0 fully saturated rings. The van der Waals surface area contributed by atoms with Crippen molar-refractivity contribution in [2.24, 2.45) is 0 Å². The maximum atomic E-state index is 5.90. The molecule has 2 N–H and O–H groups in total. The van der Waals surface area contributed by atoms with Gasteiger partial charge < -0.3 is 10.5 Å². The van der Waals surface area contributed by atoms with Gasteiger partial charge in [0.15, 0.2) is 0 Å². The third-order valence-electron chi connectivity index (χ3n) is 2.82. The summed E-state index contributed by atoms with van der Waals surface area (Å²) in [6.45, 7) is 0. The normalized spacial score (nSPS) is 10.2. The first-order chi connectivity index (χ1) is 9.83. The van der Waals surface area contributed by atoms with Crippen LogP contribution in [0, 0.1) is 0 Å². The molecule has 0 amide bonds. The second-order valence-corrected chi connectivity index (χ2v) is 4.24. The largest absolute Gasteiger partial charge is 0.457 e. The van der Waals surface area contributed by atoms with Gasteiger partial charge in [-0.1, -0.05) is 30.3 Å². The molecule has 0 aliphatic rings. The van der Waals surface area contributed by atoms with Gasteiger partial charge in [0.05, 0.1) is 5.69 Å². The summed E-state index contributed by atoms with van der Waals surface area (Å²) in [6, 6.07) is 19.1. The molecule has 98 valence electrons. The third-order valence-corrected chi connectivity index (χ3v) is 2.82. The number of anilines is 1. The van der Waals surface area contributed by atoms with Gasteiger partial charge in [0, 0.05) is 11.6 Å². The van der Waals surface area contributed by atoms with Gasteiger partial charge in [-0.3, -0.25) is 0 Å². The molecule has 0 spiro atoms. The number of rotatable bonds is 3. The molecule has 3 aromatic rings. The number of ether oxygens (including phenoxy) is 1. The average molecular weight is 263 g/mol.